The number of thioether (sulfide) groups is 1. The zero-order valence-electron chi connectivity index (χ0n) is 16.7. The Morgan fingerprint density at radius 2 is 1.64 bits per heavy atom. The van der Waals surface area contributed by atoms with Gasteiger partial charge in [0.05, 0.1) is 16.5 Å². The van der Waals surface area contributed by atoms with Crippen LogP contribution in [0.15, 0.2) is 16.1 Å². The summed E-state index contributed by atoms with van der Waals surface area (Å²) < 4.78 is 0. The van der Waals surface area contributed by atoms with Crippen LogP contribution in [-0.4, -0.2) is 45.7 Å². The Kier molecular flexibility index (Phi) is 8.25. The van der Waals surface area contributed by atoms with Gasteiger partial charge in [0.25, 0.3) is 0 Å². The fourth-order valence-electron chi connectivity index (χ4n) is 4.55. The van der Waals surface area contributed by atoms with Gasteiger partial charge in [0.2, 0.25) is 0 Å². The lowest BCUT2D eigenvalue weighted by atomic mass is 9.89. The maximum Gasteiger partial charge on any atom is 0.322 e. The first-order valence-corrected chi connectivity index (χ1v) is 11.7. The number of nitrogens with zero attached hydrogens (tertiary/aromatic N) is 2. The maximum absolute atomic E-state index is 13.3. The van der Waals surface area contributed by atoms with E-state index in [2.05, 4.69) is 15.2 Å². The molecule has 7 heteroatoms. The Balaban J connectivity index is 1.70. The topological polar surface area (TPSA) is 82.0 Å². The van der Waals surface area contributed by atoms with Crippen LogP contribution in [0.25, 0.3) is 0 Å². The summed E-state index contributed by atoms with van der Waals surface area (Å²) >= 11 is 1.30. The molecule has 1 heterocycles. The van der Waals surface area contributed by atoms with Gasteiger partial charge in [-0.25, -0.2) is 4.79 Å². The predicted molar refractivity (Wildman–Crippen MR) is 114 cm³/mol. The van der Waals surface area contributed by atoms with E-state index in [4.69, 9.17) is 5.11 Å². The molecule has 0 bridgehead atoms. The van der Waals surface area contributed by atoms with Crippen LogP contribution in [0.4, 0.5) is 4.79 Å². The summed E-state index contributed by atoms with van der Waals surface area (Å²) in [5.41, 5.74) is 0. The minimum atomic E-state index is -0.886. The molecule has 3 aliphatic rings. The van der Waals surface area contributed by atoms with Crippen LogP contribution in [0.2, 0.25) is 0 Å². The van der Waals surface area contributed by atoms with Crippen LogP contribution in [0.3, 0.4) is 0 Å². The van der Waals surface area contributed by atoms with Gasteiger partial charge in [-0.15, -0.1) is 0 Å². The number of aliphatic carboxylic acids is 1. The van der Waals surface area contributed by atoms with E-state index in [0.29, 0.717) is 23.7 Å². The van der Waals surface area contributed by atoms with Gasteiger partial charge in [0.1, 0.15) is 0 Å². The zero-order valence-corrected chi connectivity index (χ0v) is 17.5. The molecular weight excluding hydrogens is 374 g/mol. The average molecular weight is 408 g/mol. The number of aliphatic imine (C=N–C) groups is 1. The van der Waals surface area contributed by atoms with Crippen LogP contribution in [0.5, 0.6) is 0 Å². The Morgan fingerprint density at radius 3 is 2.21 bits per heavy atom. The summed E-state index contributed by atoms with van der Waals surface area (Å²) in [6.07, 6.45) is 15.4. The monoisotopic (exact) mass is 407 g/mol. The molecule has 156 valence electrons. The molecular formula is C21H33N3O3S. The van der Waals surface area contributed by atoms with Crippen molar-refractivity contribution < 1.29 is 14.7 Å². The van der Waals surface area contributed by atoms with E-state index in [1.807, 2.05) is 6.08 Å². The van der Waals surface area contributed by atoms with Gasteiger partial charge >= 0.3 is 12.0 Å². The lowest BCUT2D eigenvalue weighted by molar-refractivity contribution is -0.135. The zero-order chi connectivity index (χ0) is 19.8. The van der Waals surface area contributed by atoms with Gasteiger partial charge < -0.3 is 15.3 Å². The molecule has 0 aromatic carbocycles. The maximum atomic E-state index is 13.3. The van der Waals surface area contributed by atoms with Crippen LogP contribution >= 0.6 is 11.8 Å². The van der Waals surface area contributed by atoms with Crippen molar-refractivity contribution in [3.8, 4) is 0 Å². The van der Waals surface area contributed by atoms with Crippen LogP contribution < -0.4 is 5.32 Å². The highest BCUT2D eigenvalue weighted by Gasteiger charge is 2.33. The molecule has 2 N–H and O–H groups in total. The number of nitrogens with one attached hydrogen (secondary N) is 1. The van der Waals surface area contributed by atoms with Crippen molar-refractivity contribution in [2.45, 2.75) is 95.6 Å². The van der Waals surface area contributed by atoms with Crippen molar-refractivity contribution in [2.75, 3.05) is 6.54 Å². The SMILES string of the molecule is O=C(O)CC1=NCCC/C=C(\NC(=O)N(C2CCCCC2)C2CCCCC2)S1. The third-order valence-electron chi connectivity index (χ3n) is 5.91. The van der Waals surface area contributed by atoms with Crippen LogP contribution in [0, 0.1) is 0 Å². The average Bonchev–Trinajstić information content (AvgIpc) is 2.67. The highest BCUT2D eigenvalue weighted by molar-refractivity contribution is 8.17. The number of hydrogen-bond donors (Lipinski definition) is 2. The smallest absolute Gasteiger partial charge is 0.322 e. The number of amides is 2. The molecule has 28 heavy (non-hydrogen) atoms. The Hall–Kier alpha value is -1.50. The van der Waals surface area contributed by atoms with E-state index in [9.17, 15) is 9.59 Å². The number of carboxylic acid groups (broad SMARTS) is 1. The molecule has 0 saturated heterocycles. The first-order chi connectivity index (χ1) is 13.6. The Morgan fingerprint density at radius 1 is 1.04 bits per heavy atom. The Labute approximate surface area is 172 Å². The molecule has 0 spiro atoms. The quantitative estimate of drug-likeness (QED) is 0.679. The molecule has 0 radical (unpaired) electrons. The van der Waals surface area contributed by atoms with E-state index in [1.165, 1.54) is 50.3 Å². The second-order valence-corrected chi connectivity index (χ2v) is 9.19. The first kappa shape index (κ1) is 21.2. The number of carbonyl (C=O) groups excluding carboxylic acids is 1. The van der Waals surface area contributed by atoms with Crippen LogP contribution in [-0.2, 0) is 4.79 Å². The molecule has 0 atom stereocenters. The highest BCUT2D eigenvalue weighted by atomic mass is 32.2. The number of rotatable bonds is 5. The third-order valence-corrected chi connectivity index (χ3v) is 6.91. The minimum Gasteiger partial charge on any atom is -0.481 e. The highest BCUT2D eigenvalue weighted by Crippen LogP contribution is 2.31. The molecule has 3 rings (SSSR count). The van der Waals surface area contributed by atoms with Gasteiger partial charge in [-0.1, -0.05) is 56.4 Å². The largest absolute Gasteiger partial charge is 0.481 e. The van der Waals surface area contributed by atoms with Gasteiger partial charge in [-0.3, -0.25) is 9.79 Å². The number of carboxylic acids is 1. The predicted octanol–water partition coefficient (Wildman–Crippen LogP) is 4.91. The van der Waals surface area contributed by atoms with E-state index < -0.39 is 5.97 Å². The summed E-state index contributed by atoms with van der Waals surface area (Å²) in [4.78, 5) is 31.0. The fraction of sp³-hybridized carbons (Fsp3) is 0.762. The van der Waals surface area contributed by atoms with Crippen molar-refractivity contribution >= 4 is 28.8 Å². The van der Waals surface area contributed by atoms with Gasteiger partial charge in [0.15, 0.2) is 0 Å². The molecule has 2 saturated carbocycles. The number of carbonyl (C=O) groups is 2. The molecule has 2 aliphatic carbocycles. The van der Waals surface area contributed by atoms with Gasteiger partial charge in [0, 0.05) is 18.6 Å². The molecule has 2 amide bonds. The molecule has 0 aromatic heterocycles. The van der Waals surface area contributed by atoms with Gasteiger partial charge in [-0.05, 0) is 38.5 Å². The van der Waals surface area contributed by atoms with E-state index in [-0.39, 0.29) is 12.5 Å². The fourth-order valence-corrected chi connectivity index (χ4v) is 5.49. The van der Waals surface area contributed by atoms with Crippen molar-refractivity contribution in [3.63, 3.8) is 0 Å². The standard InChI is InChI=1S/C21H33N3O3S/c25-20(26)15-19-22-14-8-7-13-18(28-19)23-21(27)24(16-9-3-1-4-10-16)17-11-5-2-6-12-17/h13,16-17H,1-12,14-15H2,(H,23,27)(H,25,26)/b18-13+,22-19?. The lowest BCUT2D eigenvalue weighted by Gasteiger charge is -2.41. The van der Waals surface area contributed by atoms with Crippen molar-refractivity contribution in [1.29, 1.82) is 0 Å². The van der Waals surface area contributed by atoms with Crippen molar-refractivity contribution in [3.05, 3.63) is 11.1 Å². The van der Waals surface area contributed by atoms with Crippen LogP contribution in [0.1, 0.15) is 83.5 Å². The summed E-state index contributed by atoms with van der Waals surface area (Å²) in [5.74, 6) is -0.886. The van der Waals surface area contributed by atoms with Crippen molar-refractivity contribution in [1.82, 2.24) is 10.2 Å². The number of urea groups is 1. The second-order valence-electron chi connectivity index (χ2n) is 8.08. The Bertz CT molecular complexity index is 590. The molecule has 6 nitrogen and oxygen atoms in total. The number of hydrogen-bond acceptors (Lipinski definition) is 4. The van der Waals surface area contributed by atoms with E-state index >= 15 is 0 Å². The summed E-state index contributed by atoms with van der Waals surface area (Å²) in [7, 11) is 0. The molecule has 0 aromatic rings. The molecule has 0 unspecified atom stereocenters. The first-order valence-electron chi connectivity index (χ1n) is 10.9. The number of allylic oxidation sites excluding steroid dienone is 1. The van der Waals surface area contributed by atoms with E-state index in [0.717, 1.165) is 43.6 Å². The van der Waals surface area contributed by atoms with Gasteiger partial charge in [-0.2, -0.15) is 0 Å². The minimum absolute atomic E-state index is 0.00667. The summed E-state index contributed by atoms with van der Waals surface area (Å²) in [6, 6.07) is 0.666. The van der Waals surface area contributed by atoms with E-state index in [1.54, 1.807) is 0 Å². The third kappa shape index (κ3) is 6.26. The molecule has 2 fully saturated rings. The second kappa shape index (κ2) is 10.9. The summed E-state index contributed by atoms with van der Waals surface area (Å²) in [5, 5.41) is 13.5. The molecule has 1 aliphatic heterocycles. The van der Waals surface area contributed by atoms with Crippen molar-refractivity contribution in [2.24, 2.45) is 4.99 Å². The lowest BCUT2D eigenvalue weighted by Crippen LogP contribution is -2.52. The normalized spacial score (nSPS) is 24.3. The summed E-state index contributed by atoms with van der Waals surface area (Å²) in [6.45, 7) is 0.642.